The number of alkyl halides is 3. The highest BCUT2D eigenvalue weighted by molar-refractivity contribution is 6.31. The lowest BCUT2D eigenvalue weighted by molar-refractivity contribution is -0.137. The van der Waals surface area contributed by atoms with E-state index in [1.165, 1.54) is 0 Å². The van der Waals surface area contributed by atoms with E-state index in [9.17, 15) is 18.3 Å². The van der Waals surface area contributed by atoms with Gasteiger partial charge in [-0.15, -0.1) is 0 Å². The highest BCUT2D eigenvalue weighted by Crippen LogP contribution is 2.43. The van der Waals surface area contributed by atoms with E-state index in [0.29, 0.717) is 5.56 Å². The molecule has 1 aliphatic heterocycles. The number of phenolic OH excluding ortho intramolecular Hbond substituents is 1. The van der Waals surface area contributed by atoms with Crippen molar-refractivity contribution in [2.75, 3.05) is 6.54 Å². The highest BCUT2D eigenvalue weighted by atomic mass is 35.5. The summed E-state index contributed by atoms with van der Waals surface area (Å²) in [5.74, 6) is -0.410. The molecule has 0 aliphatic carbocycles. The van der Waals surface area contributed by atoms with E-state index in [1.54, 1.807) is 0 Å². The summed E-state index contributed by atoms with van der Waals surface area (Å²) in [7, 11) is 0. The van der Waals surface area contributed by atoms with Crippen molar-refractivity contribution in [3.05, 3.63) is 28.3 Å². The maximum atomic E-state index is 12.6. The van der Waals surface area contributed by atoms with Gasteiger partial charge >= 0.3 is 6.18 Å². The third-order valence-corrected chi connectivity index (χ3v) is 3.62. The van der Waals surface area contributed by atoms with Gasteiger partial charge in [-0.25, -0.2) is 0 Å². The van der Waals surface area contributed by atoms with Crippen molar-refractivity contribution in [3.8, 4) is 5.75 Å². The van der Waals surface area contributed by atoms with Gasteiger partial charge in [-0.05, 0) is 38.4 Å². The summed E-state index contributed by atoms with van der Waals surface area (Å²) in [4.78, 5) is 0. The number of benzene rings is 1. The minimum Gasteiger partial charge on any atom is -0.508 e. The van der Waals surface area contributed by atoms with E-state index in [0.717, 1.165) is 31.5 Å². The quantitative estimate of drug-likeness (QED) is 0.822. The first kappa shape index (κ1) is 13.5. The molecule has 1 fully saturated rings. The zero-order valence-electron chi connectivity index (χ0n) is 9.74. The number of halogens is 4. The lowest BCUT2D eigenvalue weighted by Gasteiger charge is -2.27. The molecule has 0 aromatic heterocycles. The monoisotopic (exact) mass is 279 g/mol. The minimum atomic E-state index is -4.51. The molecule has 18 heavy (non-hydrogen) atoms. The smallest absolute Gasteiger partial charge is 0.416 e. The van der Waals surface area contributed by atoms with Crippen molar-refractivity contribution in [1.29, 1.82) is 0 Å². The van der Waals surface area contributed by atoms with E-state index in [1.807, 2.05) is 6.92 Å². The maximum Gasteiger partial charge on any atom is 0.416 e. The van der Waals surface area contributed by atoms with Crippen LogP contribution in [0.25, 0.3) is 0 Å². The molecule has 1 aromatic carbocycles. The Hall–Kier alpha value is -0.940. The summed E-state index contributed by atoms with van der Waals surface area (Å²) in [5.41, 5.74) is -1.16. The Labute approximate surface area is 108 Å². The van der Waals surface area contributed by atoms with Gasteiger partial charge < -0.3 is 10.4 Å². The van der Waals surface area contributed by atoms with Crippen LogP contribution >= 0.6 is 11.6 Å². The average Bonchev–Trinajstić information content (AvgIpc) is 2.63. The number of aromatic hydroxyl groups is 1. The predicted octanol–water partition coefficient (Wildman–Crippen LogP) is 3.66. The standard InChI is InChI=1S/C12H13ClF3NO/c1-11(3-2-4-17-11)10-8(13)5-7(6-9(10)18)12(14,15)16/h5-6,17-18H,2-4H2,1H3. The predicted molar refractivity (Wildman–Crippen MR) is 62.7 cm³/mol. The Morgan fingerprint density at radius 2 is 2.06 bits per heavy atom. The Kier molecular flexibility index (Phi) is 3.23. The van der Waals surface area contributed by atoms with Crippen LogP contribution in [0.15, 0.2) is 12.1 Å². The fraction of sp³-hybridized carbons (Fsp3) is 0.500. The van der Waals surface area contributed by atoms with Crippen LogP contribution < -0.4 is 5.32 Å². The number of phenols is 1. The summed E-state index contributed by atoms with van der Waals surface area (Å²) in [5, 5.41) is 12.9. The molecule has 2 nitrogen and oxygen atoms in total. The number of nitrogens with one attached hydrogen (secondary N) is 1. The first-order valence-electron chi connectivity index (χ1n) is 5.59. The third kappa shape index (κ3) is 2.29. The zero-order chi connectivity index (χ0) is 13.6. The Bertz CT molecular complexity index is 444. The molecule has 6 heteroatoms. The molecule has 1 aromatic rings. The number of rotatable bonds is 1. The van der Waals surface area contributed by atoms with Gasteiger partial charge in [0.15, 0.2) is 0 Å². The molecule has 100 valence electrons. The topological polar surface area (TPSA) is 32.3 Å². The molecule has 0 amide bonds. The van der Waals surface area contributed by atoms with Crippen molar-refractivity contribution in [2.24, 2.45) is 0 Å². The lowest BCUT2D eigenvalue weighted by atomic mass is 9.89. The van der Waals surface area contributed by atoms with Crippen LogP contribution in [0.3, 0.4) is 0 Å². The molecule has 2 N–H and O–H groups in total. The zero-order valence-corrected chi connectivity index (χ0v) is 10.5. The first-order chi connectivity index (χ1) is 8.24. The Morgan fingerprint density at radius 3 is 2.50 bits per heavy atom. The molecule has 1 atom stereocenters. The van der Waals surface area contributed by atoms with Gasteiger partial charge in [0.1, 0.15) is 5.75 Å². The Morgan fingerprint density at radius 1 is 1.39 bits per heavy atom. The summed E-state index contributed by atoms with van der Waals surface area (Å²) in [6.45, 7) is 2.58. The van der Waals surface area contributed by atoms with Gasteiger partial charge in [0.2, 0.25) is 0 Å². The maximum absolute atomic E-state index is 12.6. The average molecular weight is 280 g/mol. The van der Waals surface area contributed by atoms with E-state index >= 15 is 0 Å². The summed E-state index contributed by atoms with van der Waals surface area (Å²) in [6.07, 6.45) is -2.89. The molecule has 0 bridgehead atoms. The van der Waals surface area contributed by atoms with Crippen LogP contribution in [0.4, 0.5) is 13.2 Å². The van der Waals surface area contributed by atoms with Crippen LogP contribution in [0.2, 0.25) is 5.02 Å². The molecule has 0 saturated carbocycles. The summed E-state index contributed by atoms with van der Waals surface area (Å²) < 4.78 is 37.7. The van der Waals surface area contributed by atoms with Crippen LogP contribution in [-0.2, 0) is 11.7 Å². The van der Waals surface area contributed by atoms with E-state index < -0.39 is 23.0 Å². The third-order valence-electron chi connectivity index (χ3n) is 3.32. The molecule has 1 aliphatic rings. The van der Waals surface area contributed by atoms with Gasteiger partial charge in [-0.1, -0.05) is 11.6 Å². The van der Waals surface area contributed by atoms with Crippen LogP contribution in [-0.4, -0.2) is 11.7 Å². The number of hydrogen-bond donors (Lipinski definition) is 2. The van der Waals surface area contributed by atoms with Gasteiger partial charge in [-0.3, -0.25) is 0 Å². The molecule has 1 heterocycles. The molecule has 2 rings (SSSR count). The first-order valence-corrected chi connectivity index (χ1v) is 5.97. The van der Waals surface area contributed by atoms with Gasteiger partial charge in [0, 0.05) is 16.1 Å². The van der Waals surface area contributed by atoms with Crippen molar-refractivity contribution < 1.29 is 18.3 Å². The normalized spacial score (nSPS) is 24.5. The summed E-state index contributed by atoms with van der Waals surface area (Å²) >= 11 is 5.91. The van der Waals surface area contributed by atoms with Gasteiger partial charge in [-0.2, -0.15) is 13.2 Å². The fourth-order valence-electron chi connectivity index (χ4n) is 2.41. The molecule has 1 saturated heterocycles. The molecule has 1 unspecified atom stereocenters. The molecule has 0 spiro atoms. The van der Waals surface area contributed by atoms with Gasteiger partial charge in [0.05, 0.1) is 5.56 Å². The van der Waals surface area contributed by atoms with E-state index in [2.05, 4.69) is 5.32 Å². The van der Waals surface area contributed by atoms with Crippen molar-refractivity contribution in [1.82, 2.24) is 5.32 Å². The second-order valence-electron chi connectivity index (χ2n) is 4.71. The lowest BCUT2D eigenvalue weighted by Crippen LogP contribution is -2.33. The highest BCUT2D eigenvalue weighted by Gasteiger charge is 2.37. The van der Waals surface area contributed by atoms with Crippen LogP contribution in [0, 0.1) is 0 Å². The van der Waals surface area contributed by atoms with Gasteiger partial charge in [0.25, 0.3) is 0 Å². The van der Waals surface area contributed by atoms with Crippen LogP contribution in [0.5, 0.6) is 5.75 Å². The molecule has 0 radical (unpaired) electrons. The van der Waals surface area contributed by atoms with E-state index in [4.69, 9.17) is 11.6 Å². The van der Waals surface area contributed by atoms with Crippen molar-refractivity contribution >= 4 is 11.6 Å². The second-order valence-corrected chi connectivity index (χ2v) is 5.12. The number of hydrogen-bond acceptors (Lipinski definition) is 2. The minimum absolute atomic E-state index is 0.0563. The van der Waals surface area contributed by atoms with Crippen LogP contribution in [0.1, 0.15) is 30.9 Å². The largest absolute Gasteiger partial charge is 0.508 e. The van der Waals surface area contributed by atoms with Crippen molar-refractivity contribution in [3.63, 3.8) is 0 Å². The molecular formula is C12H13ClF3NO. The Balaban J connectivity index is 2.51. The van der Waals surface area contributed by atoms with Crippen molar-refractivity contribution in [2.45, 2.75) is 31.5 Å². The SMILES string of the molecule is CC1(c2c(O)cc(C(F)(F)F)cc2Cl)CCCN1. The molecular weight excluding hydrogens is 267 g/mol. The fourth-order valence-corrected chi connectivity index (χ4v) is 2.83. The second kappa shape index (κ2) is 4.31. The summed E-state index contributed by atoms with van der Waals surface area (Å²) in [6, 6.07) is 1.59. The van der Waals surface area contributed by atoms with E-state index in [-0.39, 0.29) is 5.02 Å².